The second-order valence-electron chi connectivity index (χ2n) is 4.22. The lowest BCUT2D eigenvalue weighted by Gasteiger charge is -2.20. The number of benzene rings is 2. The second-order valence-corrected chi connectivity index (χ2v) is 7.04. The van der Waals surface area contributed by atoms with Gasteiger partial charge in [-0.05, 0) is 42.8 Å². The highest BCUT2D eigenvalue weighted by Crippen LogP contribution is 2.26. The number of hydrogen-bond acceptors (Lipinski definition) is 2. The summed E-state index contributed by atoms with van der Waals surface area (Å²) in [5.41, 5.74) is 1.64. The number of anilines is 1. The fourth-order valence-corrected chi connectivity index (χ4v) is 3.17. The van der Waals surface area contributed by atoms with Gasteiger partial charge in [0.15, 0.2) is 0 Å². The molecule has 0 fully saturated rings. The van der Waals surface area contributed by atoms with Crippen LogP contribution in [0.3, 0.4) is 0 Å². The number of nitrogens with zero attached hydrogens (tertiary/aromatic N) is 1. The minimum atomic E-state index is -3.50. The summed E-state index contributed by atoms with van der Waals surface area (Å²) in [6.45, 7) is 1.93. The van der Waals surface area contributed by atoms with Crippen LogP contribution in [0.1, 0.15) is 5.56 Å². The van der Waals surface area contributed by atoms with E-state index in [1.54, 1.807) is 43.4 Å². The first kappa shape index (κ1) is 14.1. The standard InChI is InChI=1S/C14H14BrNO2S/c1-11-10-12(8-9-14(11)15)16(2)19(17,18)13-6-4-3-5-7-13/h3-10H,1-2H3. The van der Waals surface area contributed by atoms with E-state index in [4.69, 9.17) is 0 Å². The van der Waals surface area contributed by atoms with Crippen LogP contribution in [0, 0.1) is 6.92 Å². The Labute approximate surface area is 122 Å². The largest absolute Gasteiger partial charge is 0.269 e. The van der Waals surface area contributed by atoms with Gasteiger partial charge in [0.05, 0.1) is 10.6 Å². The smallest absolute Gasteiger partial charge is 0.264 e. The maximum absolute atomic E-state index is 12.4. The number of halogens is 1. The lowest BCUT2D eigenvalue weighted by Crippen LogP contribution is -2.26. The van der Waals surface area contributed by atoms with Crippen molar-refractivity contribution in [2.45, 2.75) is 11.8 Å². The Bertz CT molecular complexity index is 684. The Morgan fingerprint density at radius 3 is 2.26 bits per heavy atom. The molecule has 0 N–H and O–H groups in total. The number of rotatable bonds is 3. The van der Waals surface area contributed by atoms with Gasteiger partial charge >= 0.3 is 0 Å². The molecule has 0 aromatic heterocycles. The molecule has 0 unspecified atom stereocenters. The molecule has 0 heterocycles. The Kier molecular flexibility index (Phi) is 3.96. The number of hydrogen-bond donors (Lipinski definition) is 0. The van der Waals surface area contributed by atoms with Gasteiger partial charge in [0.25, 0.3) is 10.0 Å². The van der Waals surface area contributed by atoms with Gasteiger partial charge in [-0.1, -0.05) is 34.1 Å². The third kappa shape index (κ3) is 2.82. The molecule has 2 aromatic rings. The molecule has 0 atom stereocenters. The first-order valence-corrected chi connectivity index (χ1v) is 7.96. The van der Waals surface area contributed by atoms with Crippen LogP contribution in [0.2, 0.25) is 0 Å². The van der Waals surface area contributed by atoms with Crippen LogP contribution < -0.4 is 4.31 Å². The molecule has 0 saturated carbocycles. The first-order valence-electron chi connectivity index (χ1n) is 5.73. The first-order chi connectivity index (χ1) is 8.93. The fourth-order valence-electron chi connectivity index (χ4n) is 1.71. The highest BCUT2D eigenvalue weighted by Gasteiger charge is 2.20. The quantitative estimate of drug-likeness (QED) is 0.856. The maximum Gasteiger partial charge on any atom is 0.264 e. The summed E-state index contributed by atoms with van der Waals surface area (Å²) in [4.78, 5) is 0.290. The van der Waals surface area contributed by atoms with Gasteiger partial charge in [-0.3, -0.25) is 4.31 Å². The van der Waals surface area contributed by atoms with Gasteiger partial charge in [0, 0.05) is 11.5 Å². The molecule has 0 aliphatic heterocycles. The summed E-state index contributed by atoms with van der Waals surface area (Å²) in [6.07, 6.45) is 0. The van der Waals surface area contributed by atoms with Crippen LogP contribution in [0.25, 0.3) is 0 Å². The highest BCUT2D eigenvalue weighted by molar-refractivity contribution is 9.10. The number of sulfonamides is 1. The Morgan fingerprint density at radius 2 is 1.68 bits per heavy atom. The van der Waals surface area contributed by atoms with E-state index >= 15 is 0 Å². The van der Waals surface area contributed by atoms with E-state index in [0.717, 1.165) is 10.0 Å². The summed E-state index contributed by atoms with van der Waals surface area (Å²) in [5, 5.41) is 0. The van der Waals surface area contributed by atoms with Crippen molar-refractivity contribution in [3.63, 3.8) is 0 Å². The zero-order chi connectivity index (χ0) is 14.0. The summed E-state index contributed by atoms with van der Waals surface area (Å²) in [6, 6.07) is 13.9. The predicted molar refractivity (Wildman–Crippen MR) is 80.9 cm³/mol. The number of aryl methyl sites for hydroxylation is 1. The molecule has 2 aromatic carbocycles. The molecule has 0 radical (unpaired) electrons. The van der Waals surface area contributed by atoms with E-state index in [-0.39, 0.29) is 4.90 Å². The zero-order valence-electron chi connectivity index (χ0n) is 10.7. The van der Waals surface area contributed by atoms with Crippen molar-refractivity contribution < 1.29 is 8.42 Å². The van der Waals surface area contributed by atoms with Crippen LogP contribution in [0.5, 0.6) is 0 Å². The summed E-state index contributed by atoms with van der Waals surface area (Å²) < 4.78 is 27.1. The molecule has 2 rings (SSSR count). The molecule has 0 amide bonds. The average Bonchev–Trinajstić information content (AvgIpc) is 2.42. The average molecular weight is 340 g/mol. The molecule has 0 aliphatic carbocycles. The predicted octanol–water partition coefficient (Wildman–Crippen LogP) is 3.58. The van der Waals surface area contributed by atoms with E-state index in [1.165, 1.54) is 4.31 Å². The van der Waals surface area contributed by atoms with Gasteiger partial charge in [-0.2, -0.15) is 0 Å². The molecule has 3 nitrogen and oxygen atoms in total. The van der Waals surface area contributed by atoms with E-state index in [2.05, 4.69) is 15.9 Å². The zero-order valence-corrected chi connectivity index (χ0v) is 13.1. The van der Waals surface area contributed by atoms with Crippen LogP contribution >= 0.6 is 15.9 Å². The van der Waals surface area contributed by atoms with Crippen LogP contribution in [0.15, 0.2) is 57.9 Å². The fraction of sp³-hybridized carbons (Fsp3) is 0.143. The minimum Gasteiger partial charge on any atom is -0.269 e. The van der Waals surface area contributed by atoms with Crippen LogP contribution in [0.4, 0.5) is 5.69 Å². The molecule has 0 aliphatic rings. The molecule has 0 spiro atoms. The van der Waals surface area contributed by atoms with E-state index in [0.29, 0.717) is 5.69 Å². The van der Waals surface area contributed by atoms with E-state index < -0.39 is 10.0 Å². The SMILES string of the molecule is Cc1cc(N(C)S(=O)(=O)c2ccccc2)ccc1Br. The van der Waals surface area contributed by atoms with Crippen LogP contribution in [-0.4, -0.2) is 15.5 Å². The molecular weight excluding hydrogens is 326 g/mol. The Hall–Kier alpha value is -1.33. The Morgan fingerprint density at radius 1 is 1.05 bits per heavy atom. The van der Waals surface area contributed by atoms with Crippen molar-refractivity contribution >= 4 is 31.6 Å². The van der Waals surface area contributed by atoms with E-state index in [9.17, 15) is 8.42 Å². The topological polar surface area (TPSA) is 37.4 Å². The van der Waals surface area contributed by atoms with E-state index in [1.807, 2.05) is 19.1 Å². The highest BCUT2D eigenvalue weighted by atomic mass is 79.9. The lowest BCUT2D eigenvalue weighted by molar-refractivity contribution is 0.594. The minimum absolute atomic E-state index is 0.290. The van der Waals surface area contributed by atoms with Crippen molar-refractivity contribution in [2.24, 2.45) is 0 Å². The second kappa shape index (κ2) is 5.35. The molecule has 0 saturated heterocycles. The molecule has 5 heteroatoms. The molecular formula is C14H14BrNO2S. The van der Waals surface area contributed by atoms with Gasteiger partial charge in [-0.15, -0.1) is 0 Å². The molecule has 0 bridgehead atoms. The lowest BCUT2D eigenvalue weighted by atomic mass is 10.2. The van der Waals surface area contributed by atoms with Crippen molar-refractivity contribution in [3.8, 4) is 0 Å². The normalized spacial score (nSPS) is 11.3. The Balaban J connectivity index is 2.44. The summed E-state index contributed by atoms with van der Waals surface area (Å²) in [5.74, 6) is 0. The van der Waals surface area contributed by atoms with Gasteiger partial charge in [-0.25, -0.2) is 8.42 Å². The van der Waals surface area contributed by atoms with Crippen molar-refractivity contribution in [2.75, 3.05) is 11.4 Å². The molecule has 100 valence electrons. The van der Waals surface area contributed by atoms with Crippen molar-refractivity contribution in [1.82, 2.24) is 0 Å². The third-order valence-corrected chi connectivity index (χ3v) is 5.60. The van der Waals surface area contributed by atoms with Gasteiger partial charge in [0.1, 0.15) is 0 Å². The monoisotopic (exact) mass is 339 g/mol. The van der Waals surface area contributed by atoms with Gasteiger partial charge in [0.2, 0.25) is 0 Å². The van der Waals surface area contributed by atoms with Gasteiger partial charge < -0.3 is 0 Å². The summed E-state index contributed by atoms with van der Waals surface area (Å²) in [7, 11) is -1.94. The van der Waals surface area contributed by atoms with Crippen molar-refractivity contribution in [1.29, 1.82) is 0 Å². The summed E-state index contributed by atoms with van der Waals surface area (Å²) >= 11 is 3.41. The maximum atomic E-state index is 12.4. The van der Waals surface area contributed by atoms with Crippen LogP contribution in [-0.2, 0) is 10.0 Å². The third-order valence-electron chi connectivity index (χ3n) is 2.91. The molecule has 19 heavy (non-hydrogen) atoms. The van der Waals surface area contributed by atoms with Crippen molar-refractivity contribution in [3.05, 3.63) is 58.6 Å².